The fourth-order valence-electron chi connectivity index (χ4n) is 2.51. The van der Waals surface area contributed by atoms with E-state index in [0.717, 1.165) is 26.2 Å². The molecule has 11 heteroatoms. The van der Waals surface area contributed by atoms with Gasteiger partial charge in [-0.3, -0.25) is 15.5 Å². The van der Waals surface area contributed by atoms with Gasteiger partial charge in [0, 0.05) is 31.2 Å². The minimum absolute atomic E-state index is 0.0471. The molecule has 26 heavy (non-hydrogen) atoms. The second-order valence-electron chi connectivity index (χ2n) is 5.83. The molecule has 1 aliphatic rings. The summed E-state index contributed by atoms with van der Waals surface area (Å²) in [7, 11) is 2.03. The molecular formula is C15H17Cl2N7O2. The Labute approximate surface area is 160 Å². The number of anilines is 3. The first kappa shape index (κ1) is 18.6. The predicted molar refractivity (Wildman–Crippen MR) is 101 cm³/mol. The summed E-state index contributed by atoms with van der Waals surface area (Å²) in [4.78, 5) is 21.3. The van der Waals surface area contributed by atoms with E-state index in [4.69, 9.17) is 23.2 Å². The van der Waals surface area contributed by atoms with Crippen LogP contribution in [0.15, 0.2) is 24.5 Å². The molecular weight excluding hydrogens is 381 g/mol. The Morgan fingerprint density at radius 1 is 1.15 bits per heavy atom. The molecule has 1 fully saturated rings. The van der Waals surface area contributed by atoms with Crippen molar-refractivity contribution < 1.29 is 4.92 Å². The minimum atomic E-state index is -0.523. The summed E-state index contributed by atoms with van der Waals surface area (Å²) in [6.45, 7) is 3.17. The van der Waals surface area contributed by atoms with Gasteiger partial charge in [-0.05, 0) is 25.2 Å². The van der Waals surface area contributed by atoms with Gasteiger partial charge in [0.15, 0.2) is 0 Å². The van der Waals surface area contributed by atoms with Crippen molar-refractivity contribution in [3.63, 3.8) is 0 Å². The van der Waals surface area contributed by atoms with Crippen LogP contribution >= 0.6 is 23.2 Å². The average molecular weight is 398 g/mol. The van der Waals surface area contributed by atoms with Gasteiger partial charge in [0.05, 0.1) is 15.6 Å². The lowest BCUT2D eigenvalue weighted by atomic mass is 10.3. The predicted octanol–water partition coefficient (Wildman–Crippen LogP) is 3.01. The maximum atomic E-state index is 11.6. The third-order valence-electron chi connectivity index (χ3n) is 3.96. The van der Waals surface area contributed by atoms with Crippen LogP contribution in [0.2, 0.25) is 10.0 Å². The van der Waals surface area contributed by atoms with E-state index in [9.17, 15) is 10.1 Å². The summed E-state index contributed by atoms with van der Waals surface area (Å²) in [5, 5.41) is 17.2. The van der Waals surface area contributed by atoms with E-state index in [1.165, 1.54) is 6.33 Å². The van der Waals surface area contributed by atoms with Crippen molar-refractivity contribution in [2.24, 2.45) is 0 Å². The first-order chi connectivity index (χ1) is 12.4. The van der Waals surface area contributed by atoms with Crippen molar-refractivity contribution in [2.45, 2.75) is 0 Å². The van der Waals surface area contributed by atoms with Crippen molar-refractivity contribution in [3.8, 4) is 0 Å². The van der Waals surface area contributed by atoms with Gasteiger partial charge in [-0.25, -0.2) is 15.0 Å². The summed E-state index contributed by atoms with van der Waals surface area (Å²) < 4.78 is 0. The molecule has 1 saturated heterocycles. The van der Waals surface area contributed by atoms with Crippen molar-refractivity contribution >= 4 is 46.2 Å². The molecule has 0 spiro atoms. The van der Waals surface area contributed by atoms with Gasteiger partial charge in [-0.1, -0.05) is 23.2 Å². The molecule has 2 heterocycles. The van der Waals surface area contributed by atoms with Crippen LogP contribution in [0, 0.1) is 10.1 Å². The van der Waals surface area contributed by atoms with Crippen molar-refractivity contribution in [2.75, 3.05) is 44.0 Å². The molecule has 3 rings (SSSR count). The first-order valence-corrected chi connectivity index (χ1v) is 8.61. The van der Waals surface area contributed by atoms with Crippen molar-refractivity contribution in [1.29, 1.82) is 0 Å². The lowest BCUT2D eigenvalue weighted by molar-refractivity contribution is -0.383. The average Bonchev–Trinajstić information content (AvgIpc) is 2.59. The summed E-state index contributed by atoms with van der Waals surface area (Å²) in [6.07, 6.45) is 1.26. The van der Waals surface area contributed by atoms with E-state index in [1.54, 1.807) is 18.2 Å². The van der Waals surface area contributed by atoms with Gasteiger partial charge in [0.25, 0.3) is 0 Å². The molecule has 1 aromatic carbocycles. The summed E-state index contributed by atoms with van der Waals surface area (Å²) in [6, 6.07) is 4.80. The zero-order valence-corrected chi connectivity index (χ0v) is 15.5. The molecule has 2 N–H and O–H groups in total. The zero-order chi connectivity index (χ0) is 18.7. The fraction of sp³-hybridized carbons (Fsp3) is 0.333. The standard InChI is InChI=1S/C15H17Cl2N7O2/c1-22-4-6-23(7-5-22)21-15-13(24(25)26)14(18-9-19-15)20-12-3-2-10(16)8-11(12)17/h2-3,8-9H,4-7H2,1H3,(H2,18,19,20,21). The number of hydrogen-bond acceptors (Lipinski definition) is 8. The van der Waals surface area contributed by atoms with Crippen LogP contribution in [0.25, 0.3) is 0 Å². The molecule has 9 nitrogen and oxygen atoms in total. The highest BCUT2D eigenvalue weighted by atomic mass is 35.5. The largest absolute Gasteiger partial charge is 0.354 e. The molecule has 2 aromatic rings. The smallest absolute Gasteiger partial charge is 0.333 e. The second-order valence-corrected chi connectivity index (χ2v) is 6.67. The highest BCUT2D eigenvalue weighted by Crippen LogP contribution is 2.34. The van der Waals surface area contributed by atoms with Crippen LogP contribution in [0.5, 0.6) is 0 Å². The van der Waals surface area contributed by atoms with Gasteiger partial charge in [0.1, 0.15) is 6.33 Å². The van der Waals surface area contributed by atoms with Crippen LogP contribution in [0.1, 0.15) is 0 Å². The number of aromatic nitrogens is 2. The molecule has 0 aliphatic carbocycles. The van der Waals surface area contributed by atoms with E-state index >= 15 is 0 Å². The van der Waals surface area contributed by atoms with E-state index in [2.05, 4.69) is 25.6 Å². The zero-order valence-electron chi connectivity index (χ0n) is 13.9. The maximum Gasteiger partial charge on any atom is 0.354 e. The Hall–Kier alpha value is -2.20. The van der Waals surface area contributed by atoms with Crippen molar-refractivity contribution in [3.05, 3.63) is 44.7 Å². The number of rotatable bonds is 5. The normalized spacial score (nSPS) is 15.7. The summed E-state index contributed by atoms with van der Waals surface area (Å²) in [5.74, 6) is 0.174. The van der Waals surface area contributed by atoms with Gasteiger partial charge in [-0.2, -0.15) is 0 Å². The Bertz CT molecular complexity index is 813. The van der Waals surface area contributed by atoms with Gasteiger partial charge >= 0.3 is 5.69 Å². The number of piperazine rings is 1. The Morgan fingerprint density at radius 3 is 2.50 bits per heavy atom. The van der Waals surface area contributed by atoms with Crippen LogP contribution in [0.3, 0.4) is 0 Å². The number of hydrazine groups is 1. The number of nitrogens with zero attached hydrogens (tertiary/aromatic N) is 5. The van der Waals surface area contributed by atoms with Crippen LogP contribution in [-0.2, 0) is 0 Å². The third kappa shape index (κ3) is 4.31. The van der Waals surface area contributed by atoms with Crippen LogP contribution in [-0.4, -0.2) is 58.0 Å². The molecule has 138 valence electrons. The number of nitro groups is 1. The molecule has 0 bridgehead atoms. The molecule has 0 amide bonds. The first-order valence-electron chi connectivity index (χ1n) is 7.85. The third-order valence-corrected chi connectivity index (χ3v) is 4.50. The Balaban J connectivity index is 1.87. The van der Waals surface area contributed by atoms with Crippen LogP contribution in [0.4, 0.5) is 23.0 Å². The SMILES string of the molecule is CN1CCN(Nc2ncnc(Nc3ccc(Cl)cc3Cl)c2[N+](=O)[O-])CC1. The Kier molecular flexibility index (Phi) is 5.72. The van der Waals surface area contributed by atoms with E-state index in [0.29, 0.717) is 15.7 Å². The highest BCUT2D eigenvalue weighted by molar-refractivity contribution is 6.36. The molecule has 0 unspecified atom stereocenters. The number of hydrogen-bond donors (Lipinski definition) is 2. The minimum Gasteiger partial charge on any atom is -0.333 e. The fourth-order valence-corrected chi connectivity index (χ4v) is 2.97. The highest BCUT2D eigenvalue weighted by Gasteiger charge is 2.26. The molecule has 0 atom stereocenters. The molecule has 0 saturated carbocycles. The monoisotopic (exact) mass is 397 g/mol. The Morgan fingerprint density at radius 2 is 1.85 bits per heavy atom. The number of halogens is 2. The van der Waals surface area contributed by atoms with Crippen LogP contribution < -0.4 is 10.7 Å². The van der Waals surface area contributed by atoms with Gasteiger partial charge in [0.2, 0.25) is 11.6 Å². The van der Waals surface area contributed by atoms with E-state index in [1.807, 2.05) is 12.1 Å². The summed E-state index contributed by atoms with van der Waals surface area (Å²) in [5.41, 5.74) is 3.23. The van der Waals surface area contributed by atoms with E-state index < -0.39 is 4.92 Å². The lowest BCUT2D eigenvalue weighted by Crippen LogP contribution is -2.47. The number of nitrogens with one attached hydrogen (secondary N) is 2. The summed E-state index contributed by atoms with van der Waals surface area (Å²) >= 11 is 12.0. The van der Waals surface area contributed by atoms with E-state index in [-0.39, 0.29) is 17.3 Å². The van der Waals surface area contributed by atoms with Gasteiger partial charge in [-0.15, -0.1) is 0 Å². The molecule has 1 aromatic heterocycles. The van der Waals surface area contributed by atoms with Crippen molar-refractivity contribution in [1.82, 2.24) is 19.9 Å². The molecule has 1 aliphatic heterocycles. The number of likely N-dealkylation sites (N-methyl/N-ethyl adjacent to an activating group) is 1. The molecule has 0 radical (unpaired) electrons. The maximum absolute atomic E-state index is 11.6. The topological polar surface area (TPSA) is 99.5 Å². The quantitative estimate of drug-likeness (QED) is 0.586. The lowest BCUT2D eigenvalue weighted by Gasteiger charge is -2.32. The number of benzene rings is 1. The van der Waals surface area contributed by atoms with Gasteiger partial charge < -0.3 is 10.2 Å². The second kappa shape index (κ2) is 8.00.